The summed E-state index contributed by atoms with van der Waals surface area (Å²) in [5, 5.41) is 6.82. The molecule has 0 amide bonds. The van der Waals surface area contributed by atoms with Crippen molar-refractivity contribution in [1.82, 2.24) is 4.98 Å². The topological polar surface area (TPSA) is 39.2 Å². The number of hydrogen-bond donors (Lipinski definition) is 0. The van der Waals surface area contributed by atoms with E-state index >= 15 is 0 Å². The molecule has 6 heteroatoms. The van der Waals surface area contributed by atoms with Gasteiger partial charge in [-0.25, -0.2) is 14.2 Å². The summed E-state index contributed by atoms with van der Waals surface area (Å²) in [5.41, 5.74) is 2.53. The summed E-state index contributed by atoms with van der Waals surface area (Å²) >= 11 is 3.14. The number of rotatable bonds is 5. The van der Waals surface area contributed by atoms with Crippen LogP contribution in [0.4, 0.5) is 4.39 Å². The lowest BCUT2D eigenvalue weighted by Gasteiger charge is -1.98. The molecular weight excluding hydrogens is 333 g/mol. The Labute approximate surface area is 140 Å². The van der Waals surface area contributed by atoms with Crippen LogP contribution < -0.4 is 0 Å². The molecule has 0 fully saturated rings. The molecule has 0 N–H and O–H groups in total. The lowest BCUT2D eigenvalue weighted by atomic mass is 10.2. The summed E-state index contributed by atoms with van der Waals surface area (Å²) in [6, 6.07) is 7.86. The molecule has 2 heterocycles. The van der Waals surface area contributed by atoms with Crippen molar-refractivity contribution in [1.29, 1.82) is 0 Å². The second kappa shape index (κ2) is 7.30. The largest absolute Gasteiger partial charge is 0.456 e. The molecule has 0 saturated heterocycles. The van der Waals surface area contributed by atoms with Crippen molar-refractivity contribution in [3.63, 3.8) is 0 Å². The minimum absolute atomic E-state index is 0.132. The van der Waals surface area contributed by atoms with E-state index in [4.69, 9.17) is 4.74 Å². The molecule has 1 aromatic carbocycles. The molecule has 2 aromatic heterocycles. The van der Waals surface area contributed by atoms with Crippen LogP contribution in [-0.4, -0.2) is 11.0 Å². The van der Waals surface area contributed by atoms with E-state index in [1.165, 1.54) is 29.5 Å². The Morgan fingerprint density at radius 2 is 2.04 bits per heavy atom. The molecule has 0 unspecified atom stereocenters. The molecule has 0 aliphatic heterocycles. The number of thiophene rings is 1. The number of ether oxygens (including phenoxy) is 1. The van der Waals surface area contributed by atoms with Crippen LogP contribution >= 0.6 is 22.7 Å². The number of halogens is 1. The van der Waals surface area contributed by atoms with Crippen molar-refractivity contribution < 1.29 is 13.9 Å². The second-order valence-electron chi connectivity index (χ2n) is 4.65. The van der Waals surface area contributed by atoms with Gasteiger partial charge in [0, 0.05) is 22.4 Å². The number of hydrogen-bond acceptors (Lipinski definition) is 5. The summed E-state index contributed by atoms with van der Waals surface area (Å²) in [6.45, 7) is 0.132. The first-order valence-corrected chi connectivity index (χ1v) is 8.60. The minimum Gasteiger partial charge on any atom is -0.456 e. The van der Waals surface area contributed by atoms with Crippen LogP contribution in [0.3, 0.4) is 0 Å². The van der Waals surface area contributed by atoms with Crippen molar-refractivity contribution in [3.8, 4) is 10.6 Å². The van der Waals surface area contributed by atoms with E-state index in [1.54, 1.807) is 29.5 Å². The average molecular weight is 345 g/mol. The van der Waals surface area contributed by atoms with Gasteiger partial charge in [-0.1, -0.05) is 12.1 Å². The predicted molar refractivity (Wildman–Crippen MR) is 90.7 cm³/mol. The van der Waals surface area contributed by atoms with Gasteiger partial charge in [-0.2, -0.15) is 11.3 Å². The Morgan fingerprint density at radius 1 is 1.22 bits per heavy atom. The lowest BCUT2D eigenvalue weighted by Crippen LogP contribution is -2.00. The van der Waals surface area contributed by atoms with E-state index in [0.29, 0.717) is 0 Å². The Bertz CT molecular complexity index is 808. The van der Waals surface area contributed by atoms with E-state index in [-0.39, 0.29) is 12.4 Å². The number of thiazole rings is 1. The van der Waals surface area contributed by atoms with E-state index in [1.807, 2.05) is 22.2 Å². The highest BCUT2D eigenvalue weighted by Gasteiger charge is 2.06. The van der Waals surface area contributed by atoms with Crippen molar-refractivity contribution in [2.45, 2.75) is 6.61 Å². The molecule has 116 valence electrons. The maximum absolute atomic E-state index is 12.8. The monoisotopic (exact) mass is 345 g/mol. The van der Waals surface area contributed by atoms with E-state index < -0.39 is 5.97 Å². The van der Waals surface area contributed by atoms with E-state index in [9.17, 15) is 9.18 Å². The van der Waals surface area contributed by atoms with Crippen LogP contribution in [0.15, 0.2) is 52.5 Å². The van der Waals surface area contributed by atoms with E-state index in [0.717, 1.165) is 21.8 Å². The Kier molecular flexibility index (Phi) is 4.95. The second-order valence-corrected chi connectivity index (χ2v) is 6.29. The van der Waals surface area contributed by atoms with Crippen LogP contribution in [0.25, 0.3) is 16.6 Å². The first-order valence-electron chi connectivity index (χ1n) is 6.78. The molecule has 3 aromatic rings. The molecule has 0 radical (unpaired) electrons. The minimum atomic E-state index is -0.459. The molecule has 0 aliphatic carbocycles. The smallest absolute Gasteiger partial charge is 0.331 e. The molecular formula is C17H12FNO2S2. The molecule has 23 heavy (non-hydrogen) atoms. The van der Waals surface area contributed by atoms with Crippen LogP contribution in [-0.2, 0) is 16.1 Å². The van der Waals surface area contributed by atoms with Crippen molar-refractivity contribution in [3.05, 3.63) is 69.6 Å². The maximum Gasteiger partial charge on any atom is 0.331 e. The molecule has 3 rings (SSSR count). The predicted octanol–water partition coefficient (Wildman–Crippen LogP) is 4.77. The fourth-order valence-electron chi connectivity index (χ4n) is 1.82. The van der Waals surface area contributed by atoms with Gasteiger partial charge in [0.15, 0.2) is 0 Å². The van der Waals surface area contributed by atoms with Crippen molar-refractivity contribution >= 4 is 34.7 Å². The zero-order valence-corrected chi connectivity index (χ0v) is 13.6. The average Bonchev–Trinajstić information content (AvgIpc) is 3.23. The lowest BCUT2D eigenvalue weighted by molar-refractivity contribution is -0.139. The summed E-state index contributed by atoms with van der Waals surface area (Å²) in [7, 11) is 0. The van der Waals surface area contributed by atoms with Crippen LogP contribution in [0, 0.1) is 5.82 Å². The Hall–Kier alpha value is -2.31. The number of aromatic nitrogens is 1. The summed E-state index contributed by atoms with van der Waals surface area (Å²) in [6.07, 6.45) is 2.90. The van der Waals surface area contributed by atoms with Gasteiger partial charge in [-0.15, -0.1) is 11.3 Å². The highest BCUT2D eigenvalue weighted by molar-refractivity contribution is 7.14. The summed E-state index contributed by atoms with van der Waals surface area (Å²) in [4.78, 5) is 16.1. The highest BCUT2D eigenvalue weighted by Crippen LogP contribution is 2.25. The fraction of sp³-hybridized carbons (Fsp3) is 0.0588. The van der Waals surface area contributed by atoms with Crippen LogP contribution in [0.5, 0.6) is 0 Å². The third-order valence-corrected chi connectivity index (χ3v) is 4.59. The van der Waals surface area contributed by atoms with Crippen LogP contribution in [0.1, 0.15) is 11.3 Å². The van der Waals surface area contributed by atoms with E-state index in [2.05, 4.69) is 4.98 Å². The van der Waals surface area contributed by atoms with Crippen molar-refractivity contribution in [2.24, 2.45) is 0 Å². The van der Waals surface area contributed by atoms with Gasteiger partial charge >= 0.3 is 5.97 Å². The first kappa shape index (κ1) is 15.6. The van der Waals surface area contributed by atoms with Gasteiger partial charge in [0.1, 0.15) is 17.4 Å². The number of carbonyl (C=O) groups excluding carboxylic acids is 1. The maximum atomic E-state index is 12.8. The van der Waals surface area contributed by atoms with Crippen LogP contribution in [0.2, 0.25) is 0 Å². The van der Waals surface area contributed by atoms with Gasteiger partial charge in [-0.05, 0) is 35.2 Å². The molecule has 0 bridgehead atoms. The number of nitrogens with zero attached hydrogens (tertiary/aromatic N) is 1. The zero-order valence-electron chi connectivity index (χ0n) is 11.9. The number of carbonyl (C=O) groups is 1. The van der Waals surface area contributed by atoms with Gasteiger partial charge in [0.2, 0.25) is 0 Å². The standard InChI is InChI=1S/C17H12FNO2S2/c18-14-4-1-12(2-5-14)3-6-16(20)21-9-15-11-23-17(19-15)13-7-8-22-10-13/h1-8,10-11H,9H2/b6-3+. The third kappa shape index (κ3) is 4.34. The summed E-state index contributed by atoms with van der Waals surface area (Å²) in [5.74, 6) is -0.769. The Balaban J connectivity index is 1.54. The highest BCUT2D eigenvalue weighted by atomic mass is 32.1. The molecule has 3 nitrogen and oxygen atoms in total. The zero-order chi connectivity index (χ0) is 16.1. The molecule has 0 aliphatic rings. The third-order valence-electron chi connectivity index (χ3n) is 2.96. The molecule has 0 spiro atoms. The summed E-state index contributed by atoms with van der Waals surface area (Å²) < 4.78 is 17.9. The quantitative estimate of drug-likeness (QED) is 0.494. The number of benzene rings is 1. The van der Waals surface area contributed by atoms with Gasteiger partial charge in [-0.3, -0.25) is 0 Å². The molecule has 0 atom stereocenters. The normalized spacial score (nSPS) is 11.0. The van der Waals surface area contributed by atoms with Gasteiger partial charge < -0.3 is 4.74 Å². The Morgan fingerprint density at radius 3 is 2.78 bits per heavy atom. The first-order chi connectivity index (χ1) is 11.2. The molecule has 0 saturated carbocycles. The SMILES string of the molecule is O=C(/C=C/c1ccc(F)cc1)OCc1csc(-c2ccsc2)n1. The fourth-order valence-corrected chi connectivity index (χ4v) is 3.34. The van der Waals surface area contributed by atoms with Crippen molar-refractivity contribution in [2.75, 3.05) is 0 Å². The van der Waals surface area contributed by atoms with Gasteiger partial charge in [0.25, 0.3) is 0 Å². The number of esters is 1. The van der Waals surface area contributed by atoms with Gasteiger partial charge in [0.05, 0.1) is 5.69 Å².